The monoisotopic (exact) mass is 618 g/mol. The lowest BCUT2D eigenvalue weighted by atomic mass is 9.83. The number of anilines is 3. The number of hydrogen-bond donors (Lipinski definition) is 2. The Morgan fingerprint density at radius 3 is 2.46 bits per heavy atom. The van der Waals surface area contributed by atoms with Crippen molar-refractivity contribution < 1.29 is 18.4 Å². The largest absolute Gasteiger partial charge is 0.369 e. The van der Waals surface area contributed by atoms with Crippen LogP contribution in [0, 0.1) is 17.6 Å². The minimum Gasteiger partial charge on any atom is -0.369 e. The van der Waals surface area contributed by atoms with E-state index in [9.17, 15) is 23.2 Å². The van der Waals surface area contributed by atoms with Gasteiger partial charge in [-0.3, -0.25) is 14.4 Å². The second-order valence-corrected chi connectivity index (χ2v) is 11.2. The number of nitrogens with zero attached hydrogens (tertiary/aromatic N) is 2. The summed E-state index contributed by atoms with van der Waals surface area (Å²) >= 11 is 3.42. The van der Waals surface area contributed by atoms with E-state index in [2.05, 4.69) is 31.5 Å². The average molecular weight is 619 g/mol. The van der Waals surface area contributed by atoms with Crippen molar-refractivity contribution in [1.29, 1.82) is 0 Å². The number of aromatic nitrogens is 1. The summed E-state index contributed by atoms with van der Waals surface area (Å²) in [6.45, 7) is 1.93. The molecule has 2 atom stereocenters. The van der Waals surface area contributed by atoms with E-state index >= 15 is 0 Å². The van der Waals surface area contributed by atoms with E-state index in [-0.39, 0.29) is 34.6 Å². The predicted molar refractivity (Wildman–Crippen MR) is 157 cm³/mol. The maximum absolute atomic E-state index is 13.7. The zero-order valence-electron chi connectivity index (χ0n) is 21.7. The summed E-state index contributed by atoms with van der Waals surface area (Å²) in [7, 11) is 0. The van der Waals surface area contributed by atoms with E-state index in [1.165, 1.54) is 6.07 Å². The molecule has 1 aromatic heterocycles. The highest BCUT2D eigenvalue weighted by molar-refractivity contribution is 9.10. The molecule has 0 aliphatic carbocycles. The van der Waals surface area contributed by atoms with Gasteiger partial charge in [0.25, 0.3) is 17.4 Å². The van der Waals surface area contributed by atoms with Crippen LogP contribution in [-0.4, -0.2) is 29.5 Å². The molecule has 10 heteroatoms. The van der Waals surface area contributed by atoms with Crippen molar-refractivity contribution in [3.05, 3.63) is 122 Å². The summed E-state index contributed by atoms with van der Waals surface area (Å²) < 4.78 is 29.5. The van der Waals surface area contributed by atoms with E-state index in [0.717, 1.165) is 29.9 Å². The normalized spacial score (nSPS) is 17.5. The maximum Gasteiger partial charge on any atom is 0.256 e. The number of piperidine rings is 1. The van der Waals surface area contributed by atoms with Gasteiger partial charge in [0.2, 0.25) is 0 Å². The molecule has 208 valence electrons. The van der Waals surface area contributed by atoms with Gasteiger partial charge in [-0.25, -0.2) is 8.78 Å². The molecule has 0 spiro atoms. The summed E-state index contributed by atoms with van der Waals surface area (Å²) in [5.41, 5.74) is 2.96. The molecule has 0 saturated carbocycles. The Bertz CT molecular complexity index is 1740. The first-order valence-corrected chi connectivity index (χ1v) is 14.0. The van der Waals surface area contributed by atoms with Gasteiger partial charge < -0.3 is 20.1 Å². The van der Waals surface area contributed by atoms with Crippen LogP contribution in [0.5, 0.6) is 0 Å². The van der Waals surface area contributed by atoms with Gasteiger partial charge in [-0.2, -0.15) is 0 Å². The fraction of sp³-hybridized carbons (Fsp3) is 0.194. The molecule has 6 rings (SSSR count). The number of hydrogen-bond acceptors (Lipinski definition) is 4. The van der Waals surface area contributed by atoms with Crippen molar-refractivity contribution in [2.45, 2.75) is 18.9 Å². The first kappa shape index (κ1) is 26.9. The molecule has 2 N–H and O–H groups in total. The molecule has 2 amide bonds. The van der Waals surface area contributed by atoms with E-state index in [4.69, 9.17) is 0 Å². The van der Waals surface area contributed by atoms with Crippen LogP contribution in [0.1, 0.15) is 38.7 Å². The van der Waals surface area contributed by atoms with Gasteiger partial charge in [-0.15, -0.1) is 0 Å². The smallest absolute Gasteiger partial charge is 0.256 e. The Balaban J connectivity index is 1.33. The van der Waals surface area contributed by atoms with Gasteiger partial charge in [-0.05, 0) is 76.8 Å². The number of amides is 2. The van der Waals surface area contributed by atoms with Crippen LogP contribution in [0.2, 0.25) is 0 Å². The first-order valence-electron chi connectivity index (χ1n) is 13.2. The third-order valence-corrected chi connectivity index (χ3v) is 8.31. The molecule has 1 fully saturated rings. The molecule has 2 aliphatic rings. The fourth-order valence-electron chi connectivity index (χ4n) is 5.76. The van der Waals surface area contributed by atoms with Crippen LogP contribution in [0.4, 0.5) is 25.8 Å². The lowest BCUT2D eigenvalue weighted by molar-refractivity contribution is 0.101. The predicted octanol–water partition coefficient (Wildman–Crippen LogP) is 6.02. The number of carbonyl (C=O) groups excluding carboxylic acids is 2. The highest BCUT2D eigenvalue weighted by atomic mass is 79.9. The van der Waals surface area contributed by atoms with Crippen molar-refractivity contribution >= 4 is 44.8 Å². The molecule has 0 radical (unpaired) electrons. The van der Waals surface area contributed by atoms with Gasteiger partial charge in [0.1, 0.15) is 0 Å². The average Bonchev–Trinajstić information content (AvgIpc) is 2.95. The van der Waals surface area contributed by atoms with Crippen LogP contribution in [0.15, 0.2) is 88.1 Å². The maximum atomic E-state index is 13.7. The molecule has 41 heavy (non-hydrogen) atoms. The molecule has 0 unspecified atom stereocenters. The first-order chi connectivity index (χ1) is 19.8. The topological polar surface area (TPSA) is 83.4 Å². The molecule has 4 aromatic rings. The molecule has 3 aromatic carbocycles. The minimum atomic E-state index is -1.07. The van der Waals surface area contributed by atoms with Crippen LogP contribution in [0.25, 0.3) is 0 Å². The van der Waals surface area contributed by atoms with Crippen molar-refractivity contribution in [2.24, 2.45) is 5.92 Å². The lowest BCUT2D eigenvalue weighted by Gasteiger charge is -2.44. The van der Waals surface area contributed by atoms with Crippen LogP contribution >= 0.6 is 15.9 Å². The number of rotatable bonds is 5. The summed E-state index contributed by atoms with van der Waals surface area (Å²) in [6.07, 6.45) is 0.966. The third-order valence-electron chi connectivity index (χ3n) is 7.62. The van der Waals surface area contributed by atoms with Crippen molar-refractivity contribution in [2.75, 3.05) is 28.6 Å². The van der Waals surface area contributed by atoms with Crippen molar-refractivity contribution in [3.8, 4) is 0 Å². The standard InChI is InChI=1S/C31H25BrF2N4O3/c32-23-5-2-1-4-22(23)31(41)36-26-13-19(30(40)35-21-9-10-24(33)25(34)14-21)8-11-28(26)37-15-18-12-20(17-37)27-6-3-7-29(39)38(27)16-18/h1-11,13-14,18,20H,12,15-17H2,(H,35,40)(H,36,41)/t18-,20+/m1/s1. The van der Waals surface area contributed by atoms with Crippen LogP contribution in [0.3, 0.4) is 0 Å². The highest BCUT2D eigenvalue weighted by Crippen LogP contribution is 2.39. The zero-order chi connectivity index (χ0) is 28.7. The second-order valence-electron chi connectivity index (χ2n) is 10.4. The number of halogens is 3. The molecular weight excluding hydrogens is 594 g/mol. The molecule has 2 aliphatic heterocycles. The molecular formula is C31H25BrF2N4O3. The highest BCUT2D eigenvalue weighted by Gasteiger charge is 2.35. The molecule has 3 heterocycles. The Labute approximate surface area is 242 Å². The second kappa shape index (κ2) is 10.9. The Kier molecular flexibility index (Phi) is 7.17. The minimum absolute atomic E-state index is 0.00319. The van der Waals surface area contributed by atoms with Gasteiger partial charge in [0.15, 0.2) is 11.6 Å². The third kappa shape index (κ3) is 5.39. The fourth-order valence-corrected chi connectivity index (χ4v) is 6.22. The van der Waals surface area contributed by atoms with Crippen LogP contribution in [-0.2, 0) is 6.54 Å². The lowest BCUT2D eigenvalue weighted by Crippen LogP contribution is -2.47. The molecule has 1 saturated heterocycles. The summed E-state index contributed by atoms with van der Waals surface area (Å²) in [5, 5.41) is 5.56. The van der Waals surface area contributed by atoms with Gasteiger partial charge >= 0.3 is 0 Å². The molecule has 7 nitrogen and oxygen atoms in total. The number of fused-ring (bicyclic) bond motifs is 4. The number of benzene rings is 3. The SMILES string of the molecule is O=C(Nc1ccc(F)c(F)c1)c1ccc(N2C[C@H]3C[C@@H](C2)c2cccc(=O)n2C3)c(NC(=O)c2ccccc2Br)c1. The quantitative estimate of drug-likeness (QED) is 0.287. The summed E-state index contributed by atoms with van der Waals surface area (Å²) in [4.78, 5) is 41.1. The Hall–Kier alpha value is -4.31. The van der Waals surface area contributed by atoms with E-state index in [0.29, 0.717) is 35.4 Å². The Morgan fingerprint density at radius 1 is 0.829 bits per heavy atom. The molecule has 2 bridgehead atoms. The van der Waals surface area contributed by atoms with Gasteiger partial charge in [0.05, 0.1) is 16.9 Å². The Morgan fingerprint density at radius 2 is 1.66 bits per heavy atom. The van der Waals surface area contributed by atoms with Crippen LogP contribution < -0.4 is 21.1 Å². The van der Waals surface area contributed by atoms with Gasteiger partial charge in [-0.1, -0.05) is 18.2 Å². The number of pyridine rings is 1. The number of carbonyl (C=O) groups is 2. The van der Waals surface area contributed by atoms with Crippen molar-refractivity contribution in [1.82, 2.24) is 4.57 Å². The van der Waals surface area contributed by atoms with E-state index < -0.39 is 17.5 Å². The zero-order valence-corrected chi connectivity index (χ0v) is 23.3. The van der Waals surface area contributed by atoms with Crippen molar-refractivity contribution in [3.63, 3.8) is 0 Å². The van der Waals surface area contributed by atoms with E-state index in [1.54, 1.807) is 48.5 Å². The van der Waals surface area contributed by atoms with E-state index in [1.807, 2.05) is 16.7 Å². The van der Waals surface area contributed by atoms with Gasteiger partial charge in [0, 0.05) is 59.1 Å². The number of nitrogens with one attached hydrogen (secondary N) is 2. The summed E-state index contributed by atoms with van der Waals surface area (Å²) in [6, 6.07) is 20.5. The summed E-state index contributed by atoms with van der Waals surface area (Å²) in [5.74, 6) is -2.60.